The van der Waals surface area contributed by atoms with Crippen LogP contribution in [0.5, 0.6) is 5.88 Å². The van der Waals surface area contributed by atoms with Crippen LogP contribution in [-0.4, -0.2) is 48.7 Å². The number of ether oxygens (including phenoxy) is 2. The van der Waals surface area contributed by atoms with Crippen molar-refractivity contribution < 1.29 is 19.2 Å². The van der Waals surface area contributed by atoms with E-state index in [1.54, 1.807) is 14.0 Å². The second kappa shape index (κ2) is 6.64. The van der Waals surface area contributed by atoms with E-state index in [4.69, 9.17) is 4.74 Å². The average Bonchev–Trinajstić information content (AvgIpc) is 2.44. The summed E-state index contributed by atoms with van der Waals surface area (Å²) in [6.45, 7) is 1.88. The molecule has 0 aliphatic carbocycles. The highest BCUT2D eigenvalue weighted by Gasteiger charge is 2.28. The molecule has 0 fully saturated rings. The van der Waals surface area contributed by atoms with Gasteiger partial charge in [0.25, 0.3) is 5.88 Å². The van der Waals surface area contributed by atoms with E-state index in [1.807, 2.05) is 0 Å². The summed E-state index contributed by atoms with van der Waals surface area (Å²) in [6.07, 6.45) is 1.17. The summed E-state index contributed by atoms with van der Waals surface area (Å²) in [5, 5.41) is 11.1. The molecule has 0 aromatic carbocycles. The predicted molar refractivity (Wildman–Crippen MR) is 69.7 cm³/mol. The predicted octanol–water partition coefficient (Wildman–Crippen LogP) is 0.639. The number of carbonyl (C=O) groups is 1. The lowest BCUT2D eigenvalue weighted by atomic mass is 10.2. The van der Waals surface area contributed by atoms with Crippen molar-refractivity contribution in [3.05, 3.63) is 16.4 Å². The first kappa shape index (κ1) is 15.6. The number of nitrogens with zero attached hydrogens (tertiary/aromatic N) is 4. The summed E-state index contributed by atoms with van der Waals surface area (Å²) in [5.74, 6) is -0.902. The molecule has 0 aliphatic heterocycles. The third-order valence-electron chi connectivity index (χ3n) is 2.66. The molecule has 0 radical (unpaired) electrons. The molecular formula is C11H16N4O5. The van der Waals surface area contributed by atoms with Gasteiger partial charge in [-0.05, 0) is 0 Å². The van der Waals surface area contributed by atoms with Crippen LogP contribution in [0.25, 0.3) is 0 Å². The van der Waals surface area contributed by atoms with Crippen molar-refractivity contribution in [1.29, 1.82) is 0 Å². The standard InChI is InChI=1S/C11H16N4O5/c1-7(11(16)20-4)5-14(2)9-8(15(17)18)10(19-3)13-6-12-9/h6-7H,5H2,1-4H3. The van der Waals surface area contributed by atoms with E-state index in [1.165, 1.54) is 25.4 Å². The fourth-order valence-electron chi connectivity index (χ4n) is 1.72. The van der Waals surface area contributed by atoms with Crippen LogP contribution in [0.4, 0.5) is 11.5 Å². The normalized spacial score (nSPS) is 11.6. The van der Waals surface area contributed by atoms with Gasteiger partial charge in [0, 0.05) is 13.6 Å². The maximum atomic E-state index is 11.4. The maximum Gasteiger partial charge on any atom is 0.372 e. The number of rotatable bonds is 6. The van der Waals surface area contributed by atoms with Gasteiger partial charge in [-0.15, -0.1) is 0 Å². The van der Waals surface area contributed by atoms with Crippen LogP contribution in [-0.2, 0) is 9.53 Å². The molecule has 0 spiro atoms. The van der Waals surface area contributed by atoms with E-state index in [0.717, 1.165) is 0 Å². The van der Waals surface area contributed by atoms with Gasteiger partial charge in [0.1, 0.15) is 6.33 Å². The van der Waals surface area contributed by atoms with Crippen molar-refractivity contribution in [2.75, 3.05) is 32.7 Å². The first-order valence-electron chi connectivity index (χ1n) is 5.74. The van der Waals surface area contributed by atoms with E-state index >= 15 is 0 Å². The smallest absolute Gasteiger partial charge is 0.372 e. The highest BCUT2D eigenvalue weighted by molar-refractivity contribution is 5.73. The average molecular weight is 284 g/mol. The zero-order valence-electron chi connectivity index (χ0n) is 11.7. The Morgan fingerprint density at radius 1 is 1.50 bits per heavy atom. The van der Waals surface area contributed by atoms with Crippen molar-refractivity contribution in [2.24, 2.45) is 5.92 Å². The van der Waals surface area contributed by atoms with Crippen molar-refractivity contribution in [3.8, 4) is 5.88 Å². The van der Waals surface area contributed by atoms with Gasteiger partial charge >= 0.3 is 11.7 Å². The van der Waals surface area contributed by atoms with Crippen LogP contribution >= 0.6 is 0 Å². The zero-order chi connectivity index (χ0) is 15.3. The summed E-state index contributed by atoms with van der Waals surface area (Å²) in [7, 11) is 4.17. The molecule has 1 aromatic heterocycles. The van der Waals surface area contributed by atoms with Gasteiger partial charge < -0.3 is 14.4 Å². The maximum absolute atomic E-state index is 11.4. The molecule has 1 heterocycles. The Balaban J connectivity index is 3.06. The third-order valence-corrected chi connectivity index (χ3v) is 2.66. The lowest BCUT2D eigenvalue weighted by Gasteiger charge is -2.20. The molecule has 0 bridgehead atoms. The molecule has 9 heteroatoms. The molecule has 0 N–H and O–H groups in total. The van der Waals surface area contributed by atoms with Gasteiger partial charge in [-0.1, -0.05) is 6.92 Å². The number of esters is 1. The molecule has 1 atom stereocenters. The van der Waals surface area contributed by atoms with E-state index in [2.05, 4.69) is 14.7 Å². The summed E-state index contributed by atoms with van der Waals surface area (Å²) in [4.78, 5) is 30.9. The van der Waals surface area contributed by atoms with Crippen LogP contribution in [0, 0.1) is 16.0 Å². The number of carbonyl (C=O) groups excluding carboxylic acids is 1. The van der Waals surface area contributed by atoms with Gasteiger partial charge in [-0.3, -0.25) is 14.9 Å². The van der Waals surface area contributed by atoms with E-state index in [9.17, 15) is 14.9 Å². The third kappa shape index (κ3) is 3.31. The molecule has 1 rings (SSSR count). The van der Waals surface area contributed by atoms with Crippen LogP contribution in [0.3, 0.4) is 0 Å². The molecule has 0 saturated heterocycles. The van der Waals surface area contributed by atoms with Crippen molar-refractivity contribution in [3.63, 3.8) is 0 Å². The summed E-state index contributed by atoms with van der Waals surface area (Å²) >= 11 is 0. The molecule has 0 aliphatic rings. The second-order valence-corrected chi connectivity index (χ2v) is 4.12. The largest absolute Gasteiger partial charge is 0.476 e. The Hall–Kier alpha value is -2.45. The van der Waals surface area contributed by atoms with E-state index < -0.39 is 16.8 Å². The molecule has 0 amide bonds. The molecular weight excluding hydrogens is 268 g/mol. The highest BCUT2D eigenvalue weighted by Crippen LogP contribution is 2.32. The minimum atomic E-state index is -0.618. The van der Waals surface area contributed by atoms with Gasteiger partial charge in [0.2, 0.25) is 5.82 Å². The Labute approximate surface area is 115 Å². The number of methoxy groups -OCH3 is 2. The zero-order valence-corrected chi connectivity index (χ0v) is 11.7. The number of aromatic nitrogens is 2. The number of nitro groups is 1. The first-order chi connectivity index (χ1) is 9.42. The summed E-state index contributed by atoms with van der Waals surface area (Å²) in [5.41, 5.74) is -0.338. The van der Waals surface area contributed by atoms with Crippen molar-refractivity contribution in [2.45, 2.75) is 6.92 Å². The van der Waals surface area contributed by atoms with E-state index in [-0.39, 0.29) is 23.9 Å². The lowest BCUT2D eigenvalue weighted by molar-refractivity contribution is -0.385. The van der Waals surface area contributed by atoms with Crippen molar-refractivity contribution >= 4 is 17.5 Å². The monoisotopic (exact) mass is 284 g/mol. The molecule has 9 nitrogen and oxygen atoms in total. The number of hydrogen-bond acceptors (Lipinski definition) is 8. The molecule has 110 valence electrons. The van der Waals surface area contributed by atoms with Crippen LogP contribution in [0.15, 0.2) is 6.33 Å². The van der Waals surface area contributed by atoms with Gasteiger partial charge in [-0.2, -0.15) is 4.98 Å². The SMILES string of the molecule is COC(=O)C(C)CN(C)c1ncnc(OC)c1[N+](=O)[O-]. The van der Waals surface area contributed by atoms with Crippen LogP contribution in [0.1, 0.15) is 6.92 Å². The summed E-state index contributed by atoms with van der Waals surface area (Å²) < 4.78 is 9.47. The number of anilines is 1. The lowest BCUT2D eigenvalue weighted by Crippen LogP contribution is -2.30. The first-order valence-corrected chi connectivity index (χ1v) is 5.74. The van der Waals surface area contributed by atoms with E-state index in [0.29, 0.717) is 0 Å². The Morgan fingerprint density at radius 3 is 2.65 bits per heavy atom. The highest BCUT2D eigenvalue weighted by atomic mass is 16.6. The second-order valence-electron chi connectivity index (χ2n) is 4.12. The minimum Gasteiger partial charge on any atom is -0.476 e. The molecule has 0 saturated carbocycles. The fraction of sp³-hybridized carbons (Fsp3) is 0.545. The topological polar surface area (TPSA) is 108 Å². The summed E-state index contributed by atoms with van der Waals surface area (Å²) in [6, 6.07) is 0. The van der Waals surface area contributed by atoms with Crippen LogP contribution < -0.4 is 9.64 Å². The molecule has 1 unspecified atom stereocenters. The molecule has 20 heavy (non-hydrogen) atoms. The quantitative estimate of drug-likeness (QED) is 0.425. The van der Waals surface area contributed by atoms with Crippen molar-refractivity contribution in [1.82, 2.24) is 9.97 Å². The van der Waals surface area contributed by atoms with Gasteiger partial charge in [-0.25, -0.2) is 4.98 Å². The molecule has 1 aromatic rings. The number of hydrogen-bond donors (Lipinski definition) is 0. The Bertz CT molecular complexity index is 508. The van der Waals surface area contributed by atoms with Gasteiger partial charge in [0.05, 0.1) is 25.1 Å². The van der Waals surface area contributed by atoms with Crippen LogP contribution in [0.2, 0.25) is 0 Å². The Kier molecular flexibility index (Phi) is 5.18. The van der Waals surface area contributed by atoms with Gasteiger partial charge in [0.15, 0.2) is 0 Å². The Morgan fingerprint density at radius 2 is 2.15 bits per heavy atom. The minimum absolute atomic E-state index is 0.0811. The fourth-order valence-corrected chi connectivity index (χ4v) is 1.72.